The van der Waals surface area contributed by atoms with Crippen LogP contribution in [0.25, 0.3) is 0 Å². The van der Waals surface area contributed by atoms with Gasteiger partial charge in [0.05, 0.1) is 0 Å². The van der Waals surface area contributed by atoms with E-state index < -0.39 is 22.5 Å². The Morgan fingerprint density at radius 2 is 1.36 bits per heavy atom. The normalized spacial score (nSPS) is 17.7. The van der Waals surface area contributed by atoms with Gasteiger partial charge < -0.3 is 0 Å². The Balaban J connectivity index is 5.32. The van der Waals surface area contributed by atoms with E-state index in [1.54, 1.807) is 0 Å². The summed E-state index contributed by atoms with van der Waals surface area (Å²) in [6, 6.07) is 0. The van der Waals surface area contributed by atoms with Gasteiger partial charge in [0, 0.05) is 0 Å². The predicted octanol–water partition coefficient (Wildman–Crippen LogP) is 4.32. The summed E-state index contributed by atoms with van der Waals surface area (Å²) in [6.45, 7) is 4.80. The summed E-state index contributed by atoms with van der Waals surface area (Å²) in [6.07, 6.45) is 6.47. The zero-order valence-electron chi connectivity index (χ0n) is 14.0. The second-order valence-corrected chi connectivity index (χ2v) is 15.0. The molecular weight excluding hydrogens is 349 g/mol. The van der Waals surface area contributed by atoms with E-state index in [0.29, 0.717) is 24.6 Å². The van der Waals surface area contributed by atoms with Crippen molar-refractivity contribution in [2.45, 2.75) is 53.4 Å². The van der Waals surface area contributed by atoms with Crippen molar-refractivity contribution in [3.8, 4) is 0 Å². The number of unbranched alkanes of at least 4 members (excludes halogenated alkanes) is 3. The van der Waals surface area contributed by atoms with Gasteiger partial charge in [0.15, 0.2) is 0 Å². The van der Waals surface area contributed by atoms with Crippen LogP contribution in [0.15, 0.2) is 0 Å². The van der Waals surface area contributed by atoms with Crippen molar-refractivity contribution in [2.24, 2.45) is 0 Å². The molecule has 0 bridgehead atoms. The van der Waals surface area contributed by atoms with Gasteiger partial charge in [0.25, 0.3) is 0 Å². The topological polar surface area (TPSA) is 113 Å². The monoisotopic (exact) mass is 380 g/mol. The van der Waals surface area contributed by atoms with E-state index in [1.807, 2.05) is 20.8 Å². The van der Waals surface area contributed by atoms with E-state index in [9.17, 15) is 14.0 Å². The van der Waals surface area contributed by atoms with E-state index in [2.05, 4.69) is 11.2 Å². The first-order valence-corrected chi connectivity index (χ1v) is 13.7. The average molecular weight is 380 g/mol. The van der Waals surface area contributed by atoms with Crippen molar-refractivity contribution >= 4 is 22.5 Å². The van der Waals surface area contributed by atoms with Crippen LogP contribution in [-0.2, 0) is 17.8 Å². The third-order valence-electron chi connectivity index (χ3n) is 4.52. The van der Waals surface area contributed by atoms with Crippen LogP contribution in [0.1, 0.15) is 53.4 Å². The Labute approximate surface area is 133 Å². The summed E-state index contributed by atoms with van der Waals surface area (Å²) in [5, 5.41) is 0. The van der Waals surface area contributed by atoms with Gasteiger partial charge in [0.2, 0.25) is 0 Å². The SMILES string of the molecule is CCCCCCP(CC)(CC)(CC)OP(=O)(O)OP(=O)(O)O. The van der Waals surface area contributed by atoms with Crippen LogP contribution in [-0.4, -0.2) is 39.3 Å². The summed E-state index contributed by atoms with van der Waals surface area (Å²) in [7, 11) is -9.90. The number of rotatable bonds is 12. The molecule has 0 radical (unpaired) electrons. The van der Waals surface area contributed by atoms with Gasteiger partial charge in [-0.1, -0.05) is 0 Å². The molecule has 0 amide bonds. The number of hydrogen-bond acceptors (Lipinski definition) is 4. The summed E-state index contributed by atoms with van der Waals surface area (Å²) in [4.78, 5) is 27.4. The molecule has 0 fully saturated rings. The van der Waals surface area contributed by atoms with Crippen LogP contribution >= 0.6 is 22.5 Å². The van der Waals surface area contributed by atoms with Crippen LogP contribution in [0, 0.1) is 0 Å². The molecule has 0 saturated carbocycles. The summed E-state index contributed by atoms with van der Waals surface area (Å²) in [5.41, 5.74) is 0. The Kier molecular flexibility index (Phi) is 8.96. The van der Waals surface area contributed by atoms with Gasteiger partial charge in [-0.15, -0.1) is 0 Å². The molecule has 0 aliphatic heterocycles. The fourth-order valence-corrected chi connectivity index (χ4v) is 11.6. The fourth-order valence-electron chi connectivity index (χ4n) is 2.74. The summed E-state index contributed by atoms with van der Waals surface area (Å²) < 4.78 is 32.5. The quantitative estimate of drug-likeness (QED) is 0.341. The van der Waals surface area contributed by atoms with Crippen molar-refractivity contribution < 1.29 is 32.4 Å². The second kappa shape index (κ2) is 8.69. The summed E-state index contributed by atoms with van der Waals surface area (Å²) >= 11 is 0. The van der Waals surface area contributed by atoms with Gasteiger partial charge in [0.1, 0.15) is 0 Å². The molecule has 1 atom stereocenters. The van der Waals surface area contributed by atoms with E-state index in [-0.39, 0.29) is 0 Å². The molecule has 0 saturated heterocycles. The van der Waals surface area contributed by atoms with E-state index >= 15 is 0 Å². The second-order valence-electron chi connectivity index (χ2n) is 5.71. The van der Waals surface area contributed by atoms with Gasteiger partial charge in [-0.05, 0) is 0 Å². The standard InChI is InChI=1S/C12H31O7P3/c1-5-9-10-11-12-22(6-2,7-3,8-4)19-21(16,17)18-20(13,14)15/h5-12H2,1-4H3,(H,16,17)(H2,13,14,15). The predicted molar refractivity (Wildman–Crippen MR) is 91.6 cm³/mol. The molecule has 0 aliphatic rings. The fraction of sp³-hybridized carbons (Fsp3) is 1.00. The average Bonchev–Trinajstić information content (AvgIpc) is 2.40. The third-order valence-corrected chi connectivity index (χ3v) is 15.1. The Bertz CT molecular complexity index is 419. The van der Waals surface area contributed by atoms with Crippen LogP contribution in [0.5, 0.6) is 0 Å². The zero-order valence-corrected chi connectivity index (χ0v) is 16.7. The Morgan fingerprint density at radius 1 is 0.864 bits per heavy atom. The molecule has 0 spiro atoms. The van der Waals surface area contributed by atoms with Gasteiger partial charge >= 0.3 is 133 Å². The molecular formula is C12H31O7P3. The van der Waals surface area contributed by atoms with Crippen molar-refractivity contribution in [1.82, 2.24) is 0 Å². The molecule has 0 rings (SSSR count). The minimum atomic E-state index is -5.09. The van der Waals surface area contributed by atoms with Crippen LogP contribution in [0.4, 0.5) is 0 Å². The molecule has 0 aromatic heterocycles. The van der Waals surface area contributed by atoms with Crippen molar-refractivity contribution in [2.75, 3.05) is 24.6 Å². The van der Waals surface area contributed by atoms with Crippen LogP contribution in [0.2, 0.25) is 0 Å². The number of phosphoric acid groups is 2. The van der Waals surface area contributed by atoms with Crippen molar-refractivity contribution in [3.63, 3.8) is 0 Å². The van der Waals surface area contributed by atoms with Gasteiger partial charge in [-0.3, -0.25) is 0 Å². The number of hydrogen-bond donors (Lipinski definition) is 3. The zero-order chi connectivity index (χ0) is 17.5. The minimum absolute atomic E-state index is 0.583. The molecule has 22 heavy (non-hydrogen) atoms. The van der Waals surface area contributed by atoms with Crippen LogP contribution in [0.3, 0.4) is 0 Å². The molecule has 7 nitrogen and oxygen atoms in total. The molecule has 0 aromatic carbocycles. The molecule has 0 aliphatic carbocycles. The first-order valence-electron chi connectivity index (χ1n) is 7.79. The van der Waals surface area contributed by atoms with Crippen molar-refractivity contribution in [1.29, 1.82) is 0 Å². The molecule has 10 heteroatoms. The van der Waals surface area contributed by atoms with E-state index in [4.69, 9.17) is 14.1 Å². The van der Waals surface area contributed by atoms with Crippen LogP contribution < -0.4 is 0 Å². The third kappa shape index (κ3) is 7.07. The molecule has 1 unspecified atom stereocenters. The maximum absolute atomic E-state index is 12.1. The van der Waals surface area contributed by atoms with Gasteiger partial charge in [-0.2, -0.15) is 0 Å². The molecule has 136 valence electrons. The Morgan fingerprint density at radius 3 is 1.73 bits per heavy atom. The van der Waals surface area contributed by atoms with Gasteiger partial charge in [-0.25, -0.2) is 0 Å². The van der Waals surface area contributed by atoms with E-state index in [0.717, 1.165) is 25.7 Å². The first-order chi connectivity index (χ1) is 9.97. The first kappa shape index (κ1) is 22.7. The molecule has 3 N–H and O–H groups in total. The van der Waals surface area contributed by atoms with Crippen molar-refractivity contribution in [3.05, 3.63) is 0 Å². The Hall–Kier alpha value is 0.690. The molecule has 0 aromatic rings. The maximum atomic E-state index is 12.1. The van der Waals surface area contributed by atoms with E-state index in [1.165, 1.54) is 0 Å². The molecule has 0 heterocycles. The summed E-state index contributed by atoms with van der Waals surface area (Å²) in [5.74, 6) is 0.